The average Bonchev–Trinajstić information content (AvgIpc) is 2.96. The first-order chi connectivity index (χ1) is 7.58. The molecule has 0 aliphatic heterocycles. The lowest BCUT2D eigenvalue weighted by molar-refractivity contribution is -0.138. The summed E-state index contributed by atoms with van der Waals surface area (Å²) in [5.74, 6) is -1.24. The first kappa shape index (κ1) is 11.1. The molecule has 1 aliphatic rings. The molecule has 16 heavy (non-hydrogen) atoms. The minimum atomic E-state index is -0.740. The Labute approximate surface area is 93.5 Å². The molecule has 1 aromatic rings. The lowest BCUT2D eigenvalue weighted by atomic mass is 10.2. The van der Waals surface area contributed by atoms with Crippen LogP contribution in [0.25, 0.3) is 0 Å². The minimum Gasteiger partial charge on any atom is -0.481 e. The van der Waals surface area contributed by atoms with E-state index in [0.717, 1.165) is 5.56 Å². The molecule has 0 saturated heterocycles. The van der Waals surface area contributed by atoms with Crippen molar-refractivity contribution in [3.63, 3.8) is 0 Å². The monoisotopic (exact) mass is 223 g/mol. The molecule has 1 saturated carbocycles. The molecular formula is C12H14FNO2. The number of aliphatic carboxylic acids is 1. The number of rotatable bonds is 4. The van der Waals surface area contributed by atoms with Crippen LogP contribution in [0.5, 0.6) is 0 Å². The zero-order valence-electron chi connectivity index (χ0n) is 9.06. The predicted octanol–water partition coefficient (Wildman–Crippen LogP) is 1.73. The third kappa shape index (κ3) is 2.39. The van der Waals surface area contributed by atoms with Gasteiger partial charge in [0.25, 0.3) is 0 Å². The second-order valence-corrected chi connectivity index (χ2v) is 4.29. The summed E-state index contributed by atoms with van der Waals surface area (Å²) in [4.78, 5) is 12.7. The molecule has 2 unspecified atom stereocenters. The predicted molar refractivity (Wildman–Crippen MR) is 57.4 cm³/mol. The van der Waals surface area contributed by atoms with Gasteiger partial charge in [0, 0.05) is 12.6 Å². The number of carboxylic acid groups (broad SMARTS) is 1. The number of carboxylic acids is 1. The minimum absolute atomic E-state index is 0.0979. The molecule has 86 valence electrons. The second-order valence-electron chi connectivity index (χ2n) is 4.29. The van der Waals surface area contributed by atoms with Crippen molar-refractivity contribution < 1.29 is 14.3 Å². The van der Waals surface area contributed by atoms with Crippen LogP contribution >= 0.6 is 0 Å². The molecule has 2 rings (SSSR count). The van der Waals surface area contributed by atoms with Crippen molar-refractivity contribution in [2.24, 2.45) is 5.92 Å². The van der Waals surface area contributed by atoms with Crippen LogP contribution < -0.4 is 0 Å². The number of carbonyl (C=O) groups is 1. The first-order valence-corrected chi connectivity index (χ1v) is 5.25. The molecule has 4 heteroatoms. The van der Waals surface area contributed by atoms with Crippen molar-refractivity contribution in [1.29, 1.82) is 0 Å². The number of halogens is 1. The Balaban J connectivity index is 1.93. The van der Waals surface area contributed by atoms with Crippen molar-refractivity contribution in [2.75, 3.05) is 7.05 Å². The van der Waals surface area contributed by atoms with Crippen LogP contribution in [0.1, 0.15) is 12.0 Å². The van der Waals surface area contributed by atoms with E-state index in [0.29, 0.717) is 13.0 Å². The molecule has 1 aliphatic carbocycles. The normalized spacial score (nSPS) is 23.4. The van der Waals surface area contributed by atoms with Gasteiger partial charge in [-0.3, -0.25) is 9.69 Å². The van der Waals surface area contributed by atoms with Crippen molar-refractivity contribution in [3.8, 4) is 0 Å². The fourth-order valence-corrected chi connectivity index (χ4v) is 1.97. The van der Waals surface area contributed by atoms with Gasteiger partial charge in [0.1, 0.15) is 5.82 Å². The number of nitrogens with zero attached hydrogens (tertiary/aromatic N) is 1. The van der Waals surface area contributed by atoms with Crippen LogP contribution in [0.2, 0.25) is 0 Å². The highest BCUT2D eigenvalue weighted by molar-refractivity contribution is 5.74. The van der Waals surface area contributed by atoms with Gasteiger partial charge in [-0.2, -0.15) is 0 Å². The van der Waals surface area contributed by atoms with Gasteiger partial charge in [0.2, 0.25) is 0 Å². The van der Waals surface area contributed by atoms with E-state index in [1.165, 1.54) is 12.1 Å². The highest BCUT2D eigenvalue weighted by atomic mass is 19.1. The van der Waals surface area contributed by atoms with Crippen molar-refractivity contribution in [1.82, 2.24) is 4.90 Å². The molecule has 0 aromatic heterocycles. The molecule has 0 spiro atoms. The Morgan fingerprint density at radius 2 is 2.38 bits per heavy atom. The van der Waals surface area contributed by atoms with E-state index in [9.17, 15) is 9.18 Å². The zero-order chi connectivity index (χ0) is 11.7. The van der Waals surface area contributed by atoms with Gasteiger partial charge < -0.3 is 5.11 Å². The van der Waals surface area contributed by atoms with Crippen LogP contribution in [0.15, 0.2) is 24.3 Å². The van der Waals surface area contributed by atoms with Gasteiger partial charge >= 0.3 is 5.97 Å². The largest absolute Gasteiger partial charge is 0.481 e. The molecule has 0 amide bonds. The topological polar surface area (TPSA) is 40.5 Å². The smallest absolute Gasteiger partial charge is 0.308 e. The van der Waals surface area contributed by atoms with E-state index in [4.69, 9.17) is 5.11 Å². The lowest BCUT2D eigenvalue weighted by Crippen LogP contribution is -2.23. The van der Waals surface area contributed by atoms with E-state index >= 15 is 0 Å². The van der Waals surface area contributed by atoms with Crippen LogP contribution in [0.4, 0.5) is 4.39 Å². The Bertz CT molecular complexity index is 408. The van der Waals surface area contributed by atoms with Crippen molar-refractivity contribution >= 4 is 5.97 Å². The molecule has 2 atom stereocenters. The molecule has 0 bridgehead atoms. The van der Waals surface area contributed by atoms with Crippen LogP contribution in [0, 0.1) is 11.7 Å². The summed E-state index contributed by atoms with van der Waals surface area (Å²) in [5.41, 5.74) is 0.874. The van der Waals surface area contributed by atoms with E-state index in [1.807, 2.05) is 18.0 Å². The second kappa shape index (κ2) is 4.22. The summed E-state index contributed by atoms with van der Waals surface area (Å²) in [7, 11) is 1.87. The molecule has 1 aromatic carbocycles. The molecule has 1 N–H and O–H groups in total. The summed E-state index contributed by atoms with van der Waals surface area (Å²) in [5, 5.41) is 8.80. The quantitative estimate of drug-likeness (QED) is 0.845. The van der Waals surface area contributed by atoms with Gasteiger partial charge in [-0.25, -0.2) is 4.39 Å². The summed E-state index contributed by atoms with van der Waals surface area (Å²) >= 11 is 0. The third-order valence-electron chi connectivity index (χ3n) is 2.96. The third-order valence-corrected chi connectivity index (χ3v) is 2.96. The van der Waals surface area contributed by atoms with Gasteiger partial charge in [-0.05, 0) is 31.2 Å². The lowest BCUT2D eigenvalue weighted by Gasteiger charge is -2.16. The van der Waals surface area contributed by atoms with Crippen LogP contribution in [-0.2, 0) is 11.3 Å². The summed E-state index contributed by atoms with van der Waals surface area (Å²) in [6.07, 6.45) is 0.696. The number of benzene rings is 1. The number of hydrogen-bond donors (Lipinski definition) is 1. The highest BCUT2D eigenvalue weighted by Gasteiger charge is 2.45. The maximum atomic E-state index is 12.9. The Hall–Kier alpha value is -1.42. The van der Waals surface area contributed by atoms with Gasteiger partial charge in [0.05, 0.1) is 5.92 Å². The standard InChI is InChI=1S/C12H14FNO2/c1-14(11-6-10(11)12(15)16)7-8-3-2-4-9(13)5-8/h2-5,10-11H,6-7H2,1H3,(H,15,16). The van der Waals surface area contributed by atoms with Crippen LogP contribution in [-0.4, -0.2) is 29.1 Å². The maximum Gasteiger partial charge on any atom is 0.308 e. The van der Waals surface area contributed by atoms with Crippen molar-refractivity contribution in [2.45, 2.75) is 19.0 Å². The van der Waals surface area contributed by atoms with E-state index in [-0.39, 0.29) is 17.8 Å². The van der Waals surface area contributed by atoms with Gasteiger partial charge in [0.15, 0.2) is 0 Å². The molecule has 0 radical (unpaired) electrons. The Morgan fingerprint density at radius 1 is 1.62 bits per heavy atom. The van der Waals surface area contributed by atoms with E-state index in [2.05, 4.69) is 0 Å². The SMILES string of the molecule is CN(Cc1cccc(F)c1)C1CC1C(=O)O. The van der Waals surface area contributed by atoms with Crippen molar-refractivity contribution in [3.05, 3.63) is 35.6 Å². The van der Waals surface area contributed by atoms with E-state index < -0.39 is 5.97 Å². The average molecular weight is 223 g/mol. The van der Waals surface area contributed by atoms with Crippen LogP contribution in [0.3, 0.4) is 0 Å². The zero-order valence-corrected chi connectivity index (χ0v) is 9.06. The van der Waals surface area contributed by atoms with Gasteiger partial charge in [-0.15, -0.1) is 0 Å². The summed E-state index contributed by atoms with van der Waals surface area (Å²) in [6, 6.07) is 6.49. The highest BCUT2D eigenvalue weighted by Crippen LogP contribution is 2.35. The Morgan fingerprint density at radius 3 is 2.94 bits per heavy atom. The summed E-state index contributed by atoms with van der Waals surface area (Å²) < 4.78 is 12.9. The number of hydrogen-bond acceptors (Lipinski definition) is 2. The first-order valence-electron chi connectivity index (χ1n) is 5.25. The Kier molecular flexibility index (Phi) is 2.92. The fraction of sp³-hybridized carbons (Fsp3) is 0.417. The molecule has 1 fully saturated rings. The summed E-state index contributed by atoms with van der Waals surface area (Å²) in [6.45, 7) is 0.589. The van der Waals surface area contributed by atoms with Gasteiger partial charge in [-0.1, -0.05) is 12.1 Å². The molecule has 0 heterocycles. The van der Waals surface area contributed by atoms with E-state index in [1.54, 1.807) is 6.07 Å². The maximum absolute atomic E-state index is 12.9. The molecule has 3 nitrogen and oxygen atoms in total. The fourth-order valence-electron chi connectivity index (χ4n) is 1.97. The molecular weight excluding hydrogens is 209 g/mol.